The molecule has 1 aromatic rings. The van der Waals surface area contributed by atoms with Crippen molar-refractivity contribution >= 4 is 21.8 Å². The van der Waals surface area contributed by atoms with Crippen LogP contribution in [0, 0.1) is 0 Å². The van der Waals surface area contributed by atoms with E-state index in [1.165, 1.54) is 20.2 Å². The minimum Gasteiger partial charge on any atom is -0.496 e. The Morgan fingerprint density at radius 1 is 1.19 bits per heavy atom. The number of nitrogens with zero attached hydrogens (tertiary/aromatic N) is 3. The van der Waals surface area contributed by atoms with Gasteiger partial charge in [-0.05, 0) is 51.3 Å². The second kappa shape index (κ2) is 7.34. The predicted molar refractivity (Wildman–Crippen MR) is 104 cm³/mol. The molecular weight excluding hydrogens is 366 g/mol. The molecule has 0 aliphatic carbocycles. The van der Waals surface area contributed by atoms with Gasteiger partial charge in [0.15, 0.2) is 0 Å². The summed E-state index contributed by atoms with van der Waals surface area (Å²) in [4.78, 5) is 15.1. The van der Waals surface area contributed by atoms with Crippen molar-refractivity contribution in [3.63, 3.8) is 0 Å². The van der Waals surface area contributed by atoms with Gasteiger partial charge in [0.05, 0.1) is 12.8 Å². The van der Waals surface area contributed by atoms with Gasteiger partial charge in [0.1, 0.15) is 11.4 Å². The van der Waals surface area contributed by atoms with Crippen molar-refractivity contribution in [1.82, 2.24) is 9.21 Å². The van der Waals surface area contributed by atoms with Gasteiger partial charge in [-0.25, -0.2) is 4.31 Å². The molecule has 1 amide bonds. The molecule has 1 saturated heterocycles. The number of piperidine rings is 1. The van der Waals surface area contributed by atoms with Crippen LogP contribution in [0.1, 0.15) is 38.7 Å². The van der Waals surface area contributed by atoms with Crippen LogP contribution in [-0.4, -0.2) is 55.5 Å². The Labute approximate surface area is 160 Å². The average Bonchev–Trinajstić information content (AvgIpc) is 2.63. The quantitative estimate of drug-likeness (QED) is 0.792. The van der Waals surface area contributed by atoms with Crippen LogP contribution in [-0.2, 0) is 15.0 Å². The highest BCUT2D eigenvalue weighted by Crippen LogP contribution is 2.29. The Balaban J connectivity index is 2.07. The lowest BCUT2D eigenvalue weighted by Crippen LogP contribution is -2.50. The molecule has 146 valence electrons. The van der Waals surface area contributed by atoms with Crippen LogP contribution in [0.3, 0.4) is 0 Å². The molecule has 0 N–H and O–H groups in total. The van der Waals surface area contributed by atoms with Gasteiger partial charge in [-0.3, -0.25) is 4.79 Å². The summed E-state index contributed by atoms with van der Waals surface area (Å²) in [7, 11) is -1.13. The molecule has 7 nitrogen and oxygen atoms in total. The summed E-state index contributed by atoms with van der Waals surface area (Å²) in [5.74, 6) is 0.210. The lowest BCUT2D eigenvalue weighted by atomic mass is 9.97. The summed E-state index contributed by atoms with van der Waals surface area (Å²) < 4.78 is 35.4. The predicted octanol–water partition coefficient (Wildman–Crippen LogP) is 2.35. The third-order valence-corrected chi connectivity index (χ3v) is 6.52. The summed E-state index contributed by atoms with van der Waals surface area (Å²) in [6.45, 7) is 4.00. The van der Waals surface area contributed by atoms with E-state index in [0.717, 1.165) is 23.6 Å². The van der Waals surface area contributed by atoms with Crippen LogP contribution in [0.5, 0.6) is 5.75 Å². The Morgan fingerprint density at radius 3 is 2.44 bits per heavy atom. The molecule has 0 spiro atoms. The van der Waals surface area contributed by atoms with Gasteiger partial charge < -0.3 is 9.64 Å². The highest BCUT2D eigenvalue weighted by molar-refractivity contribution is 7.88. The first-order chi connectivity index (χ1) is 12.8. The molecule has 2 aliphatic heterocycles. The Morgan fingerprint density at radius 2 is 1.81 bits per heavy atom. The maximum absolute atomic E-state index is 13.3. The fourth-order valence-corrected chi connectivity index (χ4v) is 4.59. The molecule has 0 saturated carbocycles. The molecule has 2 atom stereocenters. The van der Waals surface area contributed by atoms with Crippen molar-refractivity contribution in [2.45, 2.75) is 45.2 Å². The number of amides is 1. The van der Waals surface area contributed by atoms with Crippen molar-refractivity contribution in [3.8, 4) is 5.75 Å². The third kappa shape index (κ3) is 3.58. The zero-order valence-electron chi connectivity index (χ0n) is 16.0. The topological polar surface area (TPSA) is 79.3 Å². The first-order valence-corrected chi connectivity index (χ1v) is 10.4. The van der Waals surface area contributed by atoms with Crippen LogP contribution < -0.4 is 4.74 Å². The summed E-state index contributed by atoms with van der Waals surface area (Å²) >= 11 is 0. The monoisotopic (exact) mass is 391 g/mol. The largest absolute Gasteiger partial charge is 0.496 e. The van der Waals surface area contributed by atoms with Gasteiger partial charge in [0, 0.05) is 24.7 Å². The number of likely N-dealkylation sites (N-methyl/N-ethyl adjacent to an activating group) is 1. The number of hydrogen-bond donors (Lipinski definition) is 0. The molecule has 8 heteroatoms. The van der Waals surface area contributed by atoms with E-state index in [1.54, 1.807) is 29.2 Å². The maximum atomic E-state index is 13.3. The molecule has 27 heavy (non-hydrogen) atoms. The van der Waals surface area contributed by atoms with E-state index in [4.69, 9.17) is 4.74 Å². The van der Waals surface area contributed by atoms with E-state index >= 15 is 0 Å². The minimum atomic E-state index is -4.00. The Hall–Kier alpha value is -2.35. The van der Waals surface area contributed by atoms with Crippen LogP contribution in [0.25, 0.3) is 0 Å². The zero-order chi connectivity index (χ0) is 19.8. The fourth-order valence-electron chi connectivity index (χ4n) is 3.69. The van der Waals surface area contributed by atoms with Crippen molar-refractivity contribution in [1.29, 1.82) is 0 Å². The first-order valence-electron chi connectivity index (χ1n) is 9.03. The van der Waals surface area contributed by atoms with Crippen molar-refractivity contribution < 1.29 is 17.9 Å². The number of methoxy groups -OCH3 is 1. The van der Waals surface area contributed by atoms with E-state index in [1.807, 2.05) is 13.8 Å². The summed E-state index contributed by atoms with van der Waals surface area (Å²) in [6, 6.07) is 7.14. The number of ether oxygens (including phenoxy) is 1. The molecular formula is C19H25N3O4S. The van der Waals surface area contributed by atoms with E-state index in [0.29, 0.717) is 11.3 Å². The zero-order valence-corrected chi connectivity index (χ0v) is 16.9. The second-order valence-electron chi connectivity index (χ2n) is 6.99. The van der Waals surface area contributed by atoms with Gasteiger partial charge in [-0.2, -0.15) is 8.42 Å². The lowest BCUT2D eigenvalue weighted by Gasteiger charge is -2.40. The number of carbonyl (C=O) groups excluding carboxylic acids is 1. The van der Waals surface area contributed by atoms with Crippen LogP contribution in [0.4, 0.5) is 0 Å². The molecule has 0 radical (unpaired) electrons. The molecule has 2 heterocycles. The number of hydrogen-bond acceptors (Lipinski definition) is 4. The van der Waals surface area contributed by atoms with Gasteiger partial charge in [-0.1, -0.05) is 12.1 Å². The van der Waals surface area contributed by atoms with Crippen LogP contribution in [0.2, 0.25) is 0 Å². The molecule has 1 fully saturated rings. The highest BCUT2D eigenvalue weighted by Gasteiger charge is 2.37. The van der Waals surface area contributed by atoms with Crippen molar-refractivity contribution in [2.24, 2.45) is 4.40 Å². The smallest absolute Gasteiger partial charge is 0.345 e. The van der Waals surface area contributed by atoms with E-state index in [-0.39, 0.29) is 29.4 Å². The normalized spacial score (nSPS) is 24.9. The first kappa shape index (κ1) is 19.4. The Bertz CT molecular complexity index is 897. The number of carbonyl (C=O) groups is 1. The van der Waals surface area contributed by atoms with E-state index < -0.39 is 10.2 Å². The average molecular weight is 391 g/mol. The molecule has 2 aliphatic rings. The number of likely N-dealkylation sites (tertiary alicyclic amines) is 1. The lowest BCUT2D eigenvalue weighted by molar-refractivity contribution is -0.134. The van der Waals surface area contributed by atoms with Crippen LogP contribution >= 0.6 is 0 Å². The second-order valence-corrected chi connectivity index (χ2v) is 8.62. The molecule has 1 aromatic carbocycles. The molecule has 0 aromatic heterocycles. The maximum Gasteiger partial charge on any atom is 0.345 e. The standard InChI is InChI=1S/C19H25N3O4S/c1-13-8-7-9-14(2)22(13)19(23)17-12-16(20-27(24,25)21(17)3)15-10-5-6-11-18(15)26-4/h5-6,10-14H,7-9H2,1-4H3/t13-,14-/m1/s1. The number of benzene rings is 1. The Kier molecular flexibility index (Phi) is 5.28. The van der Waals surface area contributed by atoms with Crippen LogP contribution in [0.15, 0.2) is 40.4 Å². The van der Waals surface area contributed by atoms with Gasteiger partial charge in [0.2, 0.25) is 0 Å². The third-order valence-electron chi connectivity index (χ3n) is 5.20. The summed E-state index contributed by atoms with van der Waals surface area (Å²) in [5.41, 5.74) is 0.833. The van der Waals surface area contributed by atoms with E-state index in [2.05, 4.69) is 4.40 Å². The minimum absolute atomic E-state index is 0.0619. The molecule has 3 rings (SSSR count). The number of para-hydroxylation sites is 1. The fraction of sp³-hybridized carbons (Fsp3) is 0.474. The van der Waals surface area contributed by atoms with Gasteiger partial charge >= 0.3 is 10.2 Å². The molecule has 0 bridgehead atoms. The van der Waals surface area contributed by atoms with E-state index in [9.17, 15) is 13.2 Å². The van der Waals surface area contributed by atoms with Crippen molar-refractivity contribution in [3.05, 3.63) is 41.6 Å². The summed E-state index contributed by atoms with van der Waals surface area (Å²) in [5, 5.41) is 0. The SMILES string of the molecule is COc1ccccc1C1=NS(=O)(=O)N(C)C(C(=O)N2[C@H](C)CCC[C@H]2C)=C1. The highest BCUT2D eigenvalue weighted by atomic mass is 32.2. The van der Waals surface area contributed by atoms with Crippen molar-refractivity contribution in [2.75, 3.05) is 14.2 Å². The number of rotatable bonds is 3. The number of allylic oxidation sites excluding steroid dienone is 1. The van der Waals surface area contributed by atoms with Gasteiger partial charge in [0.25, 0.3) is 5.91 Å². The summed E-state index contributed by atoms with van der Waals surface area (Å²) in [6.07, 6.45) is 4.42. The molecule has 0 unspecified atom stereocenters. The van der Waals surface area contributed by atoms with Gasteiger partial charge in [-0.15, -0.1) is 4.40 Å².